The molecule has 4 aromatic rings. The quantitative estimate of drug-likeness (QED) is 0.473. The van der Waals surface area contributed by atoms with E-state index in [1.54, 1.807) is 31.0 Å². The minimum Gasteiger partial charge on any atom is -0.497 e. The molecule has 0 saturated carbocycles. The lowest BCUT2D eigenvalue weighted by molar-refractivity contribution is -0.113. The van der Waals surface area contributed by atoms with Crippen molar-refractivity contribution in [3.8, 4) is 5.75 Å². The number of hydrogen-bond donors (Lipinski definition) is 1. The van der Waals surface area contributed by atoms with Gasteiger partial charge in [0.1, 0.15) is 5.75 Å². The van der Waals surface area contributed by atoms with Crippen LogP contribution in [-0.4, -0.2) is 22.6 Å². The summed E-state index contributed by atoms with van der Waals surface area (Å²) >= 11 is 1.30. The third-order valence-electron chi connectivity index (χ3n) is 5.71. The molecule has 0 aliphatic carbocycles. The molecule has 0 fully saturated rings. The highest BCUT2D eigenvalue weighted by molar-refractivity contribution is 7.07. The van der Waals surface area contributed by atoms with Gasteiger partial charge in [0.2, 0.25) is 0 Å². The minimum absolute atomic E-state index is 0.212. The van der Waals surface area contributed by atoms with E-state index in [0.29, 0.717) is 32.0 Å². The van der Waals surface area contributed by atoms with Gasteiger partial charge in [-0.25, -0.2) is 4.99 Å². The van der Waals surface area contributed by atoms with Crippen LogP contribution in [0, 0.1) is 0 Å². The SMILES string of the molecule is COc1cccc(C2C(C(=O)Nc3ccccc3)=C(C)N=c3s/c(=C/c4ccncc4)c(=O)n32)c1. The number of methoxy groups -OCH3 is 1. The van der Waals surface area contributed by atoms with E-state index in [1.165, 1.54) is 11.3 Å². The summed E-state index contributed by atoms with van der Waals surface area (Å²) in [4.78, 5) is 36.5. The number of aromatic nitrogens is 2. The zero-order valence-corrected chi connectivity index (χ0v) is 20.0. The predicted molar refractivity (Wildman–Crippen MR) is 136 cm³/mol. The second-order valence-corrected chi connectivity index (χ2v) is 8.97. The molecular weight excluding hydrogens is 460 g/mol. The fourth-order valence-corrected chi connectivity index (χ4v) is 5.12. The zero-order valence-electron chi connectivity index (χ0n) is 19.1. The number of fused-ring (bicyclic) bond motifs is 1. The Morgan fingerprint density at radius 3 is 2.60 bits per heavy atom. The van der Waals surface area contributed by atoms with E-state index in [4.69, 9.17) is 4.74 Å². The number of pyridine rings is 1. The van der Waals surface area contributed by atoms with Gasteiger partial charge in [0.25, 0.3) is 11.5 Å². The van der Waals surface area contributed by atoms with Crippen LogP contribution in [-0.2, 0) is 4.79 Å². The molecule has 0 bridgehead atoms. The van der Waals surface area contributed by atoms with Crippen molar-refractivity contribution in [3.05, 3.63) is 121 Å². The van der Waals surface area contributed by atoms with Crippen molar-refractivity contribution in [1.82, 2.24) is 9.55 Å². The number of hydrogen-bond acceptors (Lipinski definition) is 6. The lowest BCUT2D eigenvalue weighted by atomic mass is 9.95. The lowest BCUT2D eigenvalue weighted by Crippen LogP contribution is -2.40. The Morgan fingerprint density at radius 2 is 1.86 bits per heavy atom. The molecule has 3 heterocycles. The van der Waals surface area contributed by atoms with Gasteiger partial charge < -0.3 is 10.1 Å². The van der Waals surface area contributed by atoms with Crippen LogP contribution in [0.25, 0.3) is 6.08 Å². The molecule has 7 nitrogen and oxygen atoms in total. The number of benzene rings is 2. The Bertz CT molecular complexity index is 1610. The first-order valence-corrected chi connectivity index (χ1v) is 11.8. The first-order chi connectivity index (χ1) is 17.0. The first kappa shape index (κ1) is 22.5. The Kier molecular flexibility index (Phi) is 6.12. The van der Waals surface area contributed by atoms with Gasteiger partial charge >= 0.3 is 0 Å². The van der Waals surface area contributed by atoms with Gasteiger partial charge in [0.15, 0.2) is 4.80 Å². The molecule has 2 aromatic carbocycles. The number of thiazole rings is 1. The summed E-state index contributed by atoms with van der Waals surface area (Å²) in [5.74, 6) is 0.326. The molecule has 1 N–H and O–H groups in total. The molecule has 1 atom stereocenters. The van der Waals surface area contributed by atoms with Crippen molar-refractivity contribution < 1.29 is 9.53 Å². The molecule has 8 heteroatoms. The molecule has 0 spiro atoms. The van der Waals surface area contributed by atoms with Gasteiger partial charge in [-0.05, 0) is 60.5 Å². The molecule has 35 heavy (non-hydrogen) atoms. The summed E-state index contributed by atoms with van der Waals surface area (Å²) in [5.41, 5.74) is 3.04. The molecule has 1 aliphatic heterocycles. The second-order valence-electron chi connectivity index (χ2n) is 7.96. The van der Waals surface area contributed by atoms with Crippen LogP contribution in [0.4, 0.5) is 5.69 Å². The van der Waals surface area contributed by atoms with Crippen molar-refractivity contribution in [1.29, 1.82) is 0 Å². The number of ether oxygens (including phenoxy) is 1. The van der Waals surface area contributed by atoms with E-state index < -0.39 is 6.04 Å². The van der Waals surface area contributed by atoms with E-state index in [-0.39, 0.29) is 11.5 Å². The third-order valence-corrected chi connectivity index (χ3v) is 6.69. The average Bonchev–Trinajstić information content (AvgIpc) is 3.18. The molecule has 1 unspecified atom stereocenters. The topological polar surface area (TPSA) is 85.6 Å². The molecule has 174 valence electrons. The van der Waals surface area contributed by atoms with Crippen LogP contribution in [0.2, 0.25) is 0 Å². The Hall–Kier alpha value is -4.30. The monoisotopic (exact) mass is 482 g/mol. The van der Waals surface area contributed by atoms with Crippen molar-refractivity contribution in [2.75, 3.05) is 12.4 Å². The van der Waals surface area contributed by atoms with Crippen molar-refractivity contribution in [3.63, 3.8) is 0 Å². The number of carbonyl (C=O) groups excluding carboxylic acids is 1. The van der Waals surface area contributed by atoms with Crippen LogP contribution in [0.3, 0.4) is 0 Å². The molecule has 1 amide bonds. The molecular formula is C27H22N4O3S. The lowest BCUT2D eigenvalue weighted by Gasteiger charge is -2.25. The molecule has 0 saturated heterocycles. The third kappa shape index (κ3) is 4.43. The largest absolute Gasteiger partial charge is 0.497 e. The van der Waals surface area contributed by atoms with Crippen LogP contribution in [0.1, 0.15) is 24.1 Å². The average molecular weight is 483 g/mol. The summed E-state index contributed by atoms with van der Waals surface area (Å²) < 4.78 is 7.55. The van der Waals surface area contributed by atoms with Crippen molar-refractivity contribution in [2.45, 2.75) is 13.0 Å². The molecule has 2 aromatic heterocycles. The van der Waals surface area contributed by atoms with E-state index in [9.17, 15) is 9.59 Å². The van der Waals surface area contributed by atoms with Gasteiger partial charge in [-0.2, -0.15) is 0 Å². The number of carbonyl (C=O) groups is 1. The Labute approximate surface area is 205 Å². The Balaban J connectivity index is 1.69. The highest BCUT2D eigenvalue weighted by Crippen LogP contribution is 2.32. The van der Waals surface area contributed by atoms with E-state index in [1.807, 2.05) is 72.8 Å². The number of rotatable bonds is 5. The smallest absolute Gasteiger partial charge is 0.271 e. The maximum Gasteiger partial charge on any atom is 0.271 e. The van der Waals surface area contributed by atoms with Gasteiger partial charge in [0.05, 0.1) is 29.0 Å². The molecule has 0 radical (unpaired) electrons. The fraction of sp³-hybridized carbons (Fsp3) is 0.111. The van der Waals surface area contributed by atoms with Crippen LogP contribution < -0.4 is 24.9 Å². The predicted octanol–water partition coefficient (Wildman–Crippen LogP) is 3.28. The van der Waals surface area contributed by atoms with Gasteiger partial charge in [-0.1, -0.05) is 41.7 Å². The summed E-state index contributed by atoms with van der Waals surface area (Å²) in [5, 5.41) is 2.95. The van der Waals surface area contributed by atoms with Crippen LogP contribution in [0.15, 0.2) is 100 Å². The van der Waals surface area contributed by atoms with Gasteiger partial charge in [0, 0.05) is 18.1 Å². The maximum atomic E-state index is 13.7. The van der Waals surface area contributed by atoms with E-state index in [0.717, 1.165) is 11.1 Å². The van der Waals surface area contributed by atoms with Crippen LogP contribution in [0.5, 0.6) is 5.75 Å². The van der Waals surface area contributed by atoms with Crippen LogP contribution >= 0.6 is 11.3 Å². The molecule has 1 aliphatic rings. The van der Waals surface area contributed by atoms with Crippen molar-refractivity contribution in [2.24, 2.45) is 4.99 Å². The molecule has 5 rings (SSSR count). The van der Waals surface area contributed by atoms with E-state index >= 15 is 0 Å². The normalized spacial score (nSPS) is 15.4. The fourth-order valence-electron chi connectivity index (χ4n) is 4.07. The van der Waals surface area contributed by atoms with Gasteiger partial charge in [-0.15, -0.1) is 0 Å². The Morgan fingerprint density at radius 1 is 1.09 bits per heavy atom. The highest BCUT2D eigenvalue weighted by Gasteiger charge is 2.32. The number of nitrogens with zero attached hydrogens (tertiary/aromatic N) is 3. The number of amides is 1. The summed E-state index contributed by atoms with van der Waals surface area (Å²) in [7, 11) is 1.59. The standard InChI is InChI=1S/C27H22N4O3S/c1-17-23(25(32)30-20-8-4-3-5-9-20)24(19-7-6-10-21(16-19)34-2)31-26(33)22(35-27(31)29-17)15-18-11-13-28-14-12-18/h3-16,24H,1-2H3,(H,30,32)/b22-15+. The minimum atomic E-state index is -0.662. The first-order valence-electron chi connectivity index (χ1n) is 11.0. The number of para-hydroxylation sites is 1. The van der Waals surface area contributed by atoms with Gasteiger partial charge in [-0.3, -0.25) is 19.1 Å². The maximum absolute atomic E-state index is 13.7. The van der Waals surface area contributed by atoms with Crippen molar-refractivity contribution >= 4 is 29.0 Å². The number of allylic oxidation sites excluding steroid dienone is 1. The summed E-state index contributed by atoms with van der Waals surface area (Å²) in [6.45, 7) is 1.80. The highest BCUT2D eigenvalue weighted by atomic mass is 32.1. The zero-order chi connectivity index (χ0) is 24.4. The number of anilines is 1. The summed E-state index contributed by atoms with van der Waals surface area (Å²) in [6, 6.07) is 19.6. The number of nitrogens with one attached hydrogen (secondary N) is 1. The second kappa shape index (κ2) is 9.52. The van der Waals surface area contributed by atoms with E-state index in [2.05, 4.69) is 15.3 Å². The summed E-state index contributed by atoms with van der Waals surface area (Å²) in [6.07, 6.45) is 5.17.